The Morgan fingerprint density at radius 2 is 2.17 bits per heavy atom. The van der Waals surface area contributed by atoms with Gasteiger partial charge in [-0.3, -0.25) is 0 Å². The van der Waals surface area contributed by atoms with Crippen LogP contribution in [0.1, 0.15) is 31.5 Å². The number of aryl methyl sites for hydroxylation is 1. The summed E-state index contributed by atoms with van der Waals surface area (Å²) < 4.78 is 5.19. The zero-order valence-corrected chi connectivity index (χ0v) is 11.9. The van der Waals surface area contributed by atoms with Crippen molar-refractivity contribution >= 4 is 5.82 Å². The molecule has 4 heteroatoms. The molecule has 0 radical (unpaired) electrons. The van der Waals surface area contributed by atoms with Gasteiger partial charge in [-0.25, -0.2) is 4.98 Å². The lowest BCUT2D eigenvalue weighted by molar-refractivity contribution is 0.203. The second-order valence-corrected chi connectivity index (χ2v) is 4.58. The number of nitrogens with zero attached hydrogens (tertiary/aromatic N) is 2. The van der Waals surface area contributed by atoms with E-state index in [2.05, 4.69) is 29.8 Å². The van der Waals surface area contributed by atoms with Crippen LogP contribution in [0.3, 0.4) is 0 Å². The molecule has 1 aromatic rings. The predicted octanol–water partition coefficient (Wildman–Crippen LogP) is 2.10. The van der Waals surface area contributed by atoms with Gasteiger partial charge in [-0.05, 0) is 26.3 Å². The summed E-state index contributed by atoms with van der Waals surface area (Å²) in [5, 5.41) is 0. The van der Waals surface area contributed by atoms with Crippen LogP contribution < -0.4 is 10.6 Å². The smallest absolute Gasteiger partial charge is 0.133 e. The highest BCUT2D eigenvalue weighted by Gasteiger charge is 2.17. The summed E-state index contributed by atoms with van der Waals surface area (Å²) in [7, 11) is 1.72. The molecular weight excluding hydrogens is 226 g/mol. The van der Waals surface area contributed by atoms with Crippen LogP contribution in [0.5, 0.6) is 0 Å². The quantitative estimate of drug-likeness (QED) is 0.806. The van der Waals surface area contributed by atoms with Crippen LogP contribution in [0.2, 0.25) is 0 Å². The molecule has 0 aliphatic rings. The predicted molar refractivity (Wildman–Crippen MR) is 75.8 cm³/mol. The van der Waals surface area contributed by atoms with Gasteiger partial charge in [-0.2, -0.15) is 0 Å². The van der Waals surface area contributed by atoms with E-state index in [9.17, 15) is 0 Å². The molecule has 0 aliphatic carbocycles. The number of aromatic nitrogens is 1. The van der Waals surface area contributed by atoms with Gasteiger partial charge in [-0.1, -0.05) is 13.0 Å². The van der Waals surface area contributed by atoms with Gasteiger partial charge < -0.3 is 15.4 Å². The Bertz CT molecular complexity index is 368. The van der Waals surface area contributed by atoms with E-state index in [1.54, 1.807) is 7.11 Å². The Balaban J connectivity index is 3.05. The summed E-state index contributed by atoms with van der Waals surface area (Å²) >= 11 is 0. The molecule has 0 saturated carbocycles. The van der Waals surface area contributed by atoms with Gasteiger partial charge >= 0.3 is 0 Å². The molecule has 0 amide bonds. The molecule has 1 aromatic heterocycles. The van der Waals surface area contributed by atoms with E-state index in [0.29, 0.717) is 19.2 Å². The summed E-state index contributed by atoms with van der Waals surface area (Å²) in [5.74, 6) is 1.00. The number of anilines is 1. The minimum absolute atomic E-state index is 0.430. The lowest BCUT2D eigenvalue weighted by Gasteiger charge is -2.31. The van der Waals surface area contributed by atoms with E-state index < -0.39 is 0 Å². The lowest BCUT2D eigenvalue weighted by atomic mass is 10.1. The third-order valence-corrected chi connectivity index (χ3v) is 3.25. The average Bonchev–Trinajstić information content (AvgIpc) is 2.39. The van der Waals surface area contributed by atoms with Gasteiger partial charge in [0, 0.05) is 37.5 Å². The maximum Gasteiger partial charge on any atom is 0.133 e. The molecule has 2 N–H and O–H groups in total. The standard InChI is InChI=1S/C14H25N3O/c1-5-12(3)17(8-9-18-4)14-13(10-15)7-6-11(2)16-14/h6-7,12H,5,8-10,15H2,1-4H3. The van der Waals surface area contributed by atoms with Crippen LogP contribution in [0.25, 0.3) is 0 Å². The highest BCUT2D eigenvalue weighted by Crippen LogP contribution is 2.21. The van der Waals surface area contributed by atoms with E-state index in [-0.39, 0.29) is 0 Å². The van der Waals surface area contributed by atoms with E-state index in [1.165, 1.54) is 0 Å². The van der Waals surface area contributed by atoms with Crippen molar-refractivity contribution < 1.29 is 4.74 Å². The normalized spacial score (nSPS) is 12.5. The first-order chi connectivity index (χ1) is 8.63. The van der Waals surface area contributed by atoms with Gasteiger partial charge in [0.25, 0.3) is 0 Å². The zero-order chi connectivity index (χ0) is 13.5. The van der Waals surface area contributed by atoms with Crippen molar-refractivity contribution in [1.82, 2.24) is 4.98 Å². The fraction of sp³-hybridized carbons (Fsp3) is 0.643. The molecule has 0 aliphatic heterocycles. The van der Waals surface area contributed by atoms with E-state index in [4.69, 9.17) is 10.5 Å². The van der Waals surface area contributed by atoms with Crippen LogP contribution in [0.4, 0.5) is 5.82 Å². The van der Waals surface area contributed by atoms with Gasteiger partial charge in [0.2, 0.25) is 0 Å². The van der Waals surface area contributed by atoms with Gasteiger partial charge in [0.1, 0.15) is 5.82 Å². The average molecular weight is 251 g/mol. The molecule has 102 valence electrons. The molecule has 0 aromatic carbocycles. The SMILES string of the molecule is CCC(C)N(CCOC)c1nc(C)ccc1CN. The summed E-state index contributed by atoms with van der Waals surface area (Å²) in [6.45, 7) is 8.46. The number of hydrogen-bond acceptors (Lipinski definition) is 4. The van der Waals surface area contributed by atoms with Crippen molar-refractivity contribution in [2.75, 3.05) is 25.2 Å². The number of hydrogen-bond donors (Lipinski definition) is 1. The van der Waals surface area contributed by atoms with Crippen molar-refractivity contribution in [2.24, 2.45) is 5.73 Å². The van der Waals surface area contributed by atoms with E-state index in [1.807, 2.05) is 13.0 Å². The fourth-order valence-electron chi connectivity index (χ4n) is 1.92. The molecule has 0 bridgehead atoms. The number of rotatable bonds is 7. The van der Waals surface area contributed by atoms with Crippen LogP contribution >= 0.6 is 0 Å². The van der Waals surface area contributed by atoms with Crippen LogP contribution in [0, 0.1) is 6.92 Å². The third kappa shape index (κ3) is 3.68. The second-order valence-electron chi connectivity index (χ2n) is 4.58. The molecule has 1 heterocycles. The minimum Gasteiger partial charge on any atom is -0.383 e. The highest BCUT2D eigenvalue weighted by atomic mass is 16.5. The minimum atomic E-state index is 0.430. The topological polar surface area (TPSA) is 51.4 Å². The second kappa shape index (κ2) is 7.34. The molecule has 0 fully saturated rings. The van der Waals surface area contributed by atoms with Crippen molar-refractivity contribution in [3.8, 4) is 0 Å². The molecule has 18 heavy (non-hydrogen) atoms. The van der Waals surface area contributed by atoms with Crippen molar-refractivity contribution in [1.29, 1.82) is 0 Å². The molecule has 1 unspecified atom stereocenters. The molecule has 1 rings (SSSR count). The third-order valence-electron chi connectivity index (χ3n) is 3.25. The van der Waals surface area contributed by atoms with Gasteiger partial charge in [0.05, 0.1) is 6.61 Å². The molecule has 1 atom stereocenters. The molecule has 4 nitrogen and oxygen atoms in total. The Morgan fingerprint density at radius 1 is 1.44 bits per heavy atom. The Hall–Kier alpha value is -1.13. The molecular formula is C14H25N3O. The number of pyridine rings is 1. The molecule has 0 saturated heterocycles. The maximum absolute atomic E-state index is 5.81. The summed E-state index contributed by atoms with van der Waals surface area (Å²) in [5.41, 5.74) is 7.93. The Kier molecular flexibility index (Phi) is 6.09. The first kappa shape index (κ1) is 14.9. The Morgan fingerprint density at radius 3 is 2.72 bits per heavy atom. The lowest BCUT2D eigenvalue weighted by Crippen LogP contribution is -2.37. The summed E-state index contributed by atoms with van der Waals surface area (Å²) in [4.78, 5) is 6.95. The first-order valence-electron chi connectivity index (χ1n) is 6.56. The number of ether oxygens (including phenoxy) is 1. The van der Waals surface area contributed by atoms with Crippen molar-refractivity contribution in [3.63, 3.8) is 0 Å². The van der Waals surface area contributed by atoms with Crippen molar-refractivity contribution in [2.45, 2.75) is 39.8 Å². The highest BCUT2D eigenvalue weighted by molar-refractivity contribution is 5.48. The van der Waals surface area contributed by atoms with Gasteiger partial charge in [0.15, 0.2) is 0 Å². The Labute approximate surface area is 110 Å². The fourth-order valence-corrected chi connectivity index (χ4v) is 1.92. The maximum atomic E-state index is 5.81. The monoisotopic (exact) mass is 251 g/mol. The number of nitrogens with two attached hydrogens (primary N) is 1. The molecule has 0 spiro atoms. The van der Waals surface area contributed by atoms with E-state index in [0.717, 1.165) is 30.0 Å². The van der Waals surface area contributed by atoms with Crippen LogP contribution in [0.15, 0.2) is 12.1 Å². The van der Waals surface area contributed by atoms with Crippen LogP contribution in [-0.4, -0.2) is 31.3 Å². The van der Waals surface area contributed by atoms with Gasteiger partial charge in [-0.15, -0.1) is 0 Å². The van der Waals surface area contributed by atoms with E-state index >= 15 is 0 Å². The summed E-state index contributed by atoms with van der Waals surface area (Å²) in [6, 6.07) is 4.51. The number of methoxy groups -OCH3 is 1. The largest absolute Gasteiger partial charge is 0.383 e. The summed E-state index contributed by atoms with van der Waals surface area (Å²) in [6.07, 6.45) is 1.07. The first-order valence-corrected chi connectivity index (χ1v) is 6.56. The van der Waals surface area contributed by atoms with Crippen molar-refractivity contribution in [3.05, 3.63) is 23.4 Å². The zero-order valence-electron chi connectivity index (χ0n) is 11.9. The van der Waals surface area contributed by atoms with Crippen LogP contribution in [-0.2, 0) is 11.3 Å².